The number of nitrogens with two attached hydrogens (primary N) is 1. The molecule has 0 aliphatic carbocycles. The van der Waals surface area contributed by atoms with Gasteiger partial charge in [0, 0.05) is 0 Å². The van der Waals surface area contributed by atoms with Crippen molar-refractivity contribution in [3.05, 3.63) is 52.0 Å². The number of hydrogen-bond donors (Lipinski definition) is 2. The minimum Gasteiger partial charge on any atom is -0.480 e. The highest BCUT2D eigenvalue weighted by atomic mass is 79.9. The first-order valence-electron chi connectivity index (χ1n) is 5.79. The molecule has 0 saturated heterocycles. The van der Waals surface area contributed by atoms with Crippen LogP contribution in [-0.4, -0.2) is 12.5 Å². The lowest BCUT2D eigenvalue weighted by Crippen LogP contribution is -2.20. The van der Waals surface area contributed by atoms with Crippen molar-refractivity contribution in [2.75, 3.05) is 17.7 Å². The topological polar surface area (TPSA) is 64.3 Å². The molecule has 104 valence electrons. The third-order valence-electron chi connectivity index (χ3n) is 2.49. The van der Waals surface area contributed by atoms with Crippen LogP contribution >= 0.6 is 27.5 Å². The van der Waals surface area contributed by atoms with Crippen molar-refractivity contribution >= 4 is 44.8 Å². The summed E-state index contributed by atoms with van der Waals surface area (Å²) in [6.07, 6.45) is 0. The van der Waals surface area contributed by atoms with E-state index in [1.54, 1.807) is 42.5 Å². The van der Waals surface area contributed by atoms with E-state index in [-0.39, 0.29) is 12.5 Å². The van der Waals surface area contributed by atoms with Gasteiger partial charge in [-0.15, -0.1) is 0 Å². The lowest BCUT2D eigenvalue weighted by molar-refractivity contribution is -0.118. The van der Waals surface area contributed by atoms with Crippen LogP contribution in [0.4, 0.5) is 11.4 Å². The summed E-state index contributed by atoms with van der Waals surface area (Å²) in [4.78, 5) is 11.8. The van der Waals surface area contributed by atoms with E-state index in [2.05, 4.69) is 21.2 Å². The SMILES string of the molecule is Nc1cccc(Br)c1OCC(=O)Nc1ccccc1Cl. The molecule has 6 heteroatoms. The van der Waals surface area contributed by atoms with Gasteiger partial charge in [-0.2, -0.15) is 0 Å². The molecule has 4 nitrogen and oxygen atoms in total. The Morgan fingerprint density at radius 1 is 1.25 bits per heavy atom. The summed E-state index contributed by atoms with van der Waals surface area (Å²) in [6.45, 7) is -0.155. The Balaban J connectivity index is 1.98. The van der Waals surface area contributed by atoms with Crippen molar-refractivity contribution in [1.82, 2.24) is 0 Å². The van der Waals surface area contributed by atoms with Crippen LogP contribution in [0.2, 0.25) is 5.02 Å². The number of rotatable bonds is 4. The molecule has 0 heterocycles. The summed E-state index contributed by atoms with van der Waals surface area (Å²) in [5.41, 5.74) is 6.78. The van der Waals surface area contributed by atoms with Crippen molar-refractivity contribution in [3.63, 3.8) is 0 Å². The van der Waals surface area contributed by atoms with Gasteiger partial charge in [0.05, 0.1) is 20.9 Å². The lowest BCUT2D eigenvalue weighted by atomic mass is 10.3. The van der Waals surface area contributed by atoms with E-state index >= 15 is 0 Å². The van der Waals surface area contributed by atoms with Crippen molar-refractivity contribution in [3.8, 4) is 5.75 Å². The van der Waals surface area contributed by atoms with Crippen molar-refractivity contribution in [2.45, 2.75) is 0 Å². The average molecular weight is 356 g/mol. The summed E-state index contributed by atoms with van der Waals surface area (Å²) >= 11 is 9.27. The number of carbonyl (C=O) groups excluding carboxylic acids is 1. The highest BCUT2D eigenvalue weighted by Crippen LogP contribution is 2.30. The van der Waals surface area contributed by atoms with E-state index in [0.717, 1.165) is 0 Å². The molecule has 0 aliphatic rings. The Hall–Kier alpha value is -1.72. The van der Waals surface area contributed by atoms with Crippen LogP contribution in [0.25, 0.3) is 0 Å². The Morgan fingerprint density at radius 3 is 2.70 bits per heavy atom. The number of nitrogens with one attached hydrogen (secondary N) is 1. The number of benzene rings is 2. The average Bonchev–Trinajstić information content (AvgIpc) is 2.41. The van der Waals surface area contributed by atoms with Crippen molar-refractivity contribution in [1.29, 1.82) is 0 Å². The first kappa shape index (κ1) is 14.7. The van der Waals surface area contributed by atoms with Crippen LogP contribution in [0.3, 0.4) is 0 Å². The van der Waals surface area contributed by atoms with E-state index < -0.39 is 0 Å². The molecule has 20 heavy (non-hydrogen) atoms. The highest BCUT2D eigenvalue weighted by Gasteiger charge is 2.09. The van der Waals surface area contributed by atoms with Crippen molar-refractivity contribution in [2.24, 2.45) is 0 Å². The second kappa shape index (κ2) is 6.63. The number of carbonyl (C=O) groups is 1. The molecule has 0 aromatic heterocycles. The van der Waals surface area contributed by atoms with Gasteiger partial charge in [0.1, 0.15) is 0 Å². The zero-order chi connectivity index (χ0) is 14.5. The predicted molar refractivity (Wildman–Crippen MR) is 84.1 cm³/mol. The maximum Gasteiger partial charge on any atom is 0.262 e. The van der Waals surface area contributed by atoms with E-state index in [9.17, 15) is 4.79 Å². The molecule has 0 aliphatic heterocycles. The number of ether oxygens (including phenoxy) is 1. The third-order valence-corrected chi connectivity index (χ3v) is 3.45. The van der Waals surface area contributed by atoms with Gasteiger partial charge in [0.15, 0.2) is 12.4 Å². The number of nitrogen functional groups attached to an aromatic ring is 1. The summed E-state index contributed by atoms with van der Waals surface area (Å²) in [5, 5.41) is 3.14. The van der Waals surface area contributed by atoms with E-state index in [4.69, 9.17) is 22.1 Å². The number of amides is 1. The minimum absolute atomic E-state index is 0.155. The standard InChI is InChI=1S/C14H12BrClN2O2/c15-9-4-3-6-11(17)14(9)20-8-13(19)18-12-7-2-1-5-10(12)16/h1-7H,8,17H2,(H,18,19). The second-order valence-electron chi connectivity index (χ2n) is 3.97. The van der Waals surface area contributed by atoms with Crippen LogP contribution in [0.1, 0.15) is 0 Å². The lowest BCUT2D eigenvalue weighted by Gasteiger charge is -2.11. The van der Waals surface area contributed by atoms with Gasteiger partial charge in [-0.1, -0.05) is 29.8 Å². The van der Waals surface area contributed by atoms with E-state index in [1.165, 1.54) is 0 Å². The van der Waals surface area contributed by atoms with Crippen LogP contribution in [0.15, 0.2) is 46.9 Å². The highest BCUT2D eigenvalue weighted by molar-refractivity contribution is 9.10. The molecule has 2 rings (SSSR count). The molecule has 0 saturated carbocycles. The monoisotopic (exact) mass is 354 g/mol. The van der Waals surface area contributed by atoms with Crippen LogP contribution < -0.4 is 15.8 Å². The minimum atomic E-state index is -0.312. The molecular weight excluding hydrogens is 344 g/mol. The number of para-hydroxylation sites is 2. The van der Waals surface area contributed by atoms with Gasteiger partial charge in [-0.3, -0.25) is 4.79 Å². The Labute approximate surface area is 130 Å². The molecule has 3 N–H and O–H groups in total. The third kappa shape index (κ3) is 3.65. The molecule has 0 spiro atoms. The van der Waals surface area contributed by atoms with E-state index in [0.29, 0.717) is 26.6 Å². The largest absolute Gasteiger partial charge is 0.480 e. The first-order valence-corrected chi connectivity index (χ1v) is 6.96. The van der Waals surface area contributed by atoms with E-state index in [1.807, 2.05) is 0 Å². The summed E-state index contributed by atoms with van der Waals surface area (Å²) in [5.74, 6) is 0.134. The molecular formula is C14H12BrClN2O2. The molecule has 0 radical (unpaired) electrons. The normalized spacial score (nSPS) is 10.1. The molecule has 2 aromatic rings. The maximum absolute atomic E-state index is 11.8. The van der Waals surface area contributed by atoms with Crippen molar-refractivity contribution < 1.29 is 9.53 Å². The van der Waals surface area contributed by atoms with Gasteiger partial charge in [-0.25, -0.2) is 0 Å². The number of hydrogen-bond acceptors (Lipinski definition) is 3. The van der Waals surface area contributed by atoms with Gasteiger partial charge in [0.2, 0.25) is 0 Å². The first-order chi connectivity index (χ1) is 9.58. The van der Waals surface area contributed by atoms with Gasteiger partial charge in [-0.05, 0) is 40.2 Å². The molecule has 0 fully saturated rings. The molecule has 1 amide bonds. The van der Waals surface area contributed by atoms with Crippen LogP contribution in [0.5, 0.6) is 5.75 Å². The fraction of sp³-hybridized carbons (Fsp3) is 0.0714. The molecule has 0 atom stereocenters. The van der Waals surface area contributed by atoms with Gasteiger partial charge in [0.25, 0.3) is 5.91 Å². The quantitative estimate of drug-likeness (QED) is 0.822. The Kier molecular flexibility index (Phi) is 4.87. The van der Waals surface area contributed by atoms with Gasteiger partial charge >= 0.3 is 0 Å². The molecule has 2 aromatic carbocycles. The Bertz CT molecular complexity index is 614. The fourth-order valence-electron chi connectivity index (χ4n) is 1.56. The molecule has 0 bridgehead atoms. The fourth-order valence-corrected chi connectivity index (χ4v) is 2.24. The summed E-state index contributed by atoms with van der Waals surface area (Å²) in [7, 11) is 0. The predicted octanol–water partition coefficient (Wildman–Crippen LogP) is 3.70. The number of anilines is 2. The number of halogens is 2. The van der Waals surface area contributed by atoms with Gasteiger partial charge < -0.3 is 15.8 Å². The Morgan fingerprint density at radius 2 is 2.00 bits per heavy atom. The molecule has 0 unspecified atom stereocenters. The smallest absolute Gasteiger partial charge is 0.262 e. The second-order valence-corrected chi connectivity index (χ2v) is 5.24. The van der Waals surface area contributed by atoms with Crippen LogP contribution in [0, 0.1) is 0 Å². The maximum atomic E-state index is 11.8. The van der Waals surface area contributed by atoms with Crippen LogP contribution in [-0.2, 0) is 4.79 Å². The zero-order valence-electron chi connectivity index (χ0n) is 10.4. The summed E-state index contributed by atoms with van der Waals surface area (Å²) in [6, 6.07) is 12.3. The summed E-state index contributed by atoms with van der Waals surface area (Å²) < 4.78 is 6.11. The zero-order valence-corrected chi connectivity index (χ0v) is 12.7.